The van der Waals surface area contributed by atoms with Gasteiger partial charge in [0.25, 0.3) is 0 Å². The molecule has 2 atom stereocenters. The van der Waals surface area contributed by atoms with Crippen molar-refractivity contribution in [2.24, 2.45) is 5.92 Å². The number of nitrogens with zero attached hydrogens (tertiary/aromatic N) is 1. The molecule has 110 valence electrons. The quantitative estimate of drug-likeness (QED) is 0.816. The highest BCUT2D eigenvalue weighted by molar-refractivity contribution is 5.77. The van der Waals surface area contributed by atoms with Crippen LogP contribution in [0, 0.1) is 5.92 Å². The largest absolute Gasteiger partial charge is 0.393 e. The molecule has 0 aromatic rings. The van der Waals surface area contributed by atoms with Crippen LogP contribution in [0.5, 0.6) is 0 Å². The second-order valence-electron chi connectivity index (χ2n) is 6.44. The maximum atomic E-state index is 12.5. The molecule has 1 aliphatic heterocycles. The van der Waals surface area contributed by atoms with Crippen molar-refractivity contribution in [3.05, 3.63) is 0 Å². The Bertz CT molecular complexity index is 313. The smallest absolute Gasteiger partial charge is 0.224 e. The minimum Gasteiger partial charge on any atom is -0.393 e. The fourth-order valence-corrected chi connectivity index (χ4v) is 3.50. The summed E-state index contributed by atoms with van der Waals surface area (Å²) in [5, 5.41) is 13.2. The van der Waals surface area contributed by atoms with Crippen LogP contribution in [0.1, 0.15) is 51.9 Å². The Morgan fingerprint density at radius 3 is 2.63 bits per heavy atom. The number of aliphatic hydroxyl groups excluding tert-OH is 1. The Morgan fingerprint density at radius 2 is 2.05 bits per heavy atom. The van der Waals surface area contributed by atoms with E-state index in [0.29, 0.717) is 19.5 Å². The van der Waals surface area contributed by atoms with Gasteiger partial charge in [0.15, 0.2) is 0 Å². The monoisotopic (exact) mass is 268 g/mol. The highest BCUT2D eigenvalue weighted by Crippen LogP contribution is 2.31. The lowest BCUT2D eigenvalue weighted by molar-refractivity contribution is -0.136. The minimum atomic E-state index is -0.239. The molecule has 2 aliphatic rings. The van der Waals surface area contributed by atoms with Crippen molar-refractivity contribution >= 4 is 5.91 Å². The van der Waals surface area contributed by atoms with E-state index < -0.39 is 0 Å². The van der Waals surface area contributed by atoms with Crippen LogP contribution in [0.25, 0.3) is 0 Å². The Kier molecular flexibility index (Phi) is 4.85. The summed E-state index contributed by atoms with van der Waals surface area (Å²) < 4.78 is 0. The summed E-state index contributed by atoms with van der Waals surface area (Å²) in [5.41, 5.74) is 0.0225. The number of amides is 1. The molecule has 2 unspecified atom stereocenters. The van der Waals surface area contributed by atoms with Crippen LogP contribution in [-0.4, -0.2) is 47.7 Å². The summed E-state index contributed by atoms with van der Waals surface area (Å²) in [6.07, 6.45) is 7.07. The highest BCUT2D eigenvalue weighted by atomic mass is 16.3. The second kappa shape index (κ2) is 6.23. The number of hydrogen-bond acceptors (Lipinski definition) is 3. The molecule has 4 heteroatoms. The van der Waals surface area contributed by atoms with Crippen LogP contribution >= 0.6 is 0 Å². The number of nitrogens with one attached hydrogen (secondary N) is 1. The zero-order valence-corrected chi connectivity index (χ0v) is 12.3. The van der Waals surface area contributed by atoms with Crippen molar-refractivity contribution < 1.29 is 9.90 Å². The van der Waals surface area contributed by atoms with Crippen molar-refractivity contribution in [1.82, 2.24) is 10.2 Å². The number of likely N-dealkylation sites (tertiary alicyclic amines) is 1. The first kappa shape index (κ1) is 14.8. The number of hydrogen-bond donors (Lipinski definition) is 2. The summed E-state index contributed by atoms with van der Waals surface area (Å²) in [6, 6.07) is 0. The van der Waals surface area contributed by atoms with Gasteiger partial charge in [0.2, 0.25) is 5.91 Å². The maximum absolute atomic E-state index is 12.5. The van der Waals surface area contributed by atoms with E-state index >= 15 is 0 Å². The van der Waals surface area contributed by atoms with Crippen molar-refractivity contribution in [2.75, 3.05) is 20.1 Å². The lowest BCUT2D eigenvalue weighted by atomic mass is 9.79. The third-order valence-corrected chi connectivity index (χ3v) is 5.04. The Balaban J connectivity index is 1.92. The van der Waals surface area contributed by atoms with E-state index in [2.05, 4.69) is 5.32 Å². The molecular weight excluding hydrogens is 240 g/mol. The Hall–Kier alpha value is -0.610. The van der Waals surface area contributed by atoms with Crippen LogP contribution in [0.4, 0.5) is 0 Å². The third-order valence-electron chi connectivity index (χ3n) is 5.04. The van der Waals surface area contributed by atoms with E-state index in [1.807, 2.05) is 18.9 Å². The average molecular weight is 268 g/mol. The zero-order chi connectivity index (χ0) is 13.9. The summed E-state index contributed by atoms with van der Waals surface area (Å²) >= 11 is 0. The molecule has 19 heavy (non-hydrogen) atoms. The first-order chi connectivity index (χ1) is 9.06. The van der Waals surface area contributed by atoms with Crippen molar-refractivity contribution in [1.29, 1.82) is 0 Å². The molecule has 1 amide bonds. The number of carbonyl (C=O) groups excluding carboxylic acids is 1. The van der Waals surface area contributed by atoms with Crippen LogP contribution in [0.3, 0.4) is 0 Å². The van der Waals surface area contributed by atoms with E-state index in [1.165, 1.54) is 19.3 Å². The Morgan fingerprint density at radius 1 is 1.37 bits per heavy atom. The first-order valence-electron chi connectivity index (χ1n) is 7.71. The van der Waals surface area contributed by atoms with Crippen LogP contribution < -0.4 is 5.32 Å². The number of carbonyl (C=O) groups is 1. The zero-order valence-electron chi connectivity index (χ0n) is 12.3. The predicted octanol–water partition coefficient (Wildman–Crippen LogP) is 1.53. The van der Waals surface area contributed by atoms with Crippen molar-refractivity contribution in [2.45, 2.75) is 63.5 Å². The standard InChI is InChI=1S/C15H28N2O2/c1-12-11-17(9-6-13(12)18)14(19)10-15(16-2)7-4-3-5-8-15/h12-13,16,18H,3-11H2,1-2H3. The number of piperidine rings is 1. The van der Waals surface area contributed by atoms with Gasteiger partial charge in [-0.05, 0) is 32.2 Å². The van der Waals surface area contributed by atoms with E-state index in [4.69, 9.17) is 0 Å². The number of rotatable bonds is 3. The van der Waals surface area contributed by atoms with Gasteiger partial charge in [0, 0.05) is 25.0 Å². The molecule has 2 N–H and O–H groups in total. The maximum Gasteiger partial charge on any atom is 0.224 e. The number of aliphatic hydroxyl groups is 1. The molecule has 2 fully saturated rings. The summed E-state index contributed by atoms with van der Waals surface area (Å²) in [6.45, 7) is 3.45. The van der Waals surface area contributed by atoms with Crippen LogP contribution in [0.2, 0.25) is 0 Å². The van der Waals surface area contributed by atoms with Gasteiger partial charge in [0.05, 0.1) is 6.10 Å². The second-order valence-corrected chi connectivity index (χ2v) is 6.44. The molecule has 0 aromatic carbocycles. The topological polar surface area (TPSA) is 52.6 Å². The molecule has 0 bridgehead atoms. The molecule has 1 heterocycles. The van der Waals surface area contributed by atoms with Gasteiger partial charge < -0.3 is 15.3 Å². The van der Waals surface area contributed by atoms with Gasteiger partial charge in [-0.2, -0.15) is 0 Å². The van der Waals surface area contributed by atoms with E-state index in [1.54, 1.807) is 0 Å². The van der Waals surface area contributed by atoms with E-state index in [0.717, 1.165) is 19.3 Å². The SMILES string of the molecule is CNC1(CC(=O)N2CCC(O)C(C)C2)CCCCC1. The summed E-state index contributed by atoms with van der Waals surface area (Å²) in [5.74, 6) is 0.463. The molecule has 1 saturated heterocycles. The molecular formula is C15H28N2O2. The molecule has 2 rings (SSSR count). The molecule has 0 spiro atoms. The molecule has 1 saturated carbocycles. The molecule has 0 radical (unpaired) electrons. The van der Waals surface area contributed by atoms with E-state index in [-0.39, 0.29) is 23.5 Å². The summed E-state index contributed by atoms with van der Waals surface area (Å²) in [7, 11) is 1.99. The first-order valence-corrected chi connectivity index (χ1v) is 7.71. The lowest BCUT2D eigenvalue weighted by Crippen LogP contribution is -2.51. The molecule has 4 nitrogen and oxygen atoms in total. The average Bonchev–Trinajstić information content (AvgIpc) is 2.43. The lowest BCUT2D eigenvalue weighted by Gasteiger charge is -2.40. The minimum absolute atomic E-state index is 0.0225. The van der Waals surface area contributed by atoms with Gasteiger partial charge >= 0.3 is 0 Å². The van der Waals surface area contributed by atoms with Gasteiger partial charge in [-0.25, -0.2) is 0 Å². The third kappa shape index (κ3) is 3.48. The Labute approximate surface area is 116 Å². The van der Waals surface area contributed by atoms with Gasteiger partial charge in [-0.15, -0.1) is 0 Å². The molecule has 0 aromatic heterocycles. The van der Waals surface area contributed by atoms with E-state index in [9.17, 15) is 9.90 Å². The normalized spacial score (nSPS) is 31.2. The highest BCUT2D eigenvalue weighted by Gasteiger charge is 2.35. The predicted molar refractivity (Wildman–Crippen MR) is 75.9 cm³/mol. The molecule has 1 aliphatic carbocycles. The van der Waals surface area contributed by atoms with Crippen molar-refractivity contribution in [3.63, 3.8) is 0 Å². The van der Waals surface area contributed by atoms with Gasteiger partial charge in [0.1, 0.15) is 0 Å². The van der Waals surface area contributed by atoms with Gasteiger partial charge in [-0.1, -0.05) is 26.2 Å². The van der Waals surface area contributed by atoms with Gasteiger partial charge in [-0.3, -0.25) is 4.79 Å². The fraction of sp³-hybridized carbons (Fsp3) is 0.933. The van der Waals surface area contributed by atoms with Crippen molar-refractivity contribution in [3.8, 4) is 0 Å². The fourth-order valence-electron chi connectivity index (χ4n) is 3.50. The van der Waals surface area contributed by atoms with Crippen LogP contribution in [-0.2, 0) is 4.79 Å². The summed E-state index contributed by atoms with van der Waals surface area (Å²) in [4.78, 5) is 14.4. The van der Waals surface area contributed by atoms with Crippen LogP contribution in [0.15, 0.2) is 0 Å².